The predicted octanol–water partition coefficient (Wildman–Crippen LogP) is 5.90. The van der Waals surface area contributed by atoms with E-state index >= 15 is 0 Å². The maximum Gasteiger partial charge on any atom is -0.0199 e. The quantitative estimate of drug-likeness (QED) is 0.302. The third kappa shape index (κ3) is 10.0. The molecule has 94 valence electrons. The molecule has 16 heavy (non-hydrogen) atoms. The Labute approximate surface area is 103 Å². The topological polar surface area (TPSA) is 0 Å². The van der Waals surface area contributed by atoms with Crippen molar-refractivity contribution in [2.75, 3.05) is 0 Å². The van der Waals surface area contributed by atoms with Crippen LogP contribution in [0.15, 0.2) is 24.8 Å². The normalized spacial score (nSPS) is 13.1. The number of rotatable bonds is 11. The summed E-state index contributed by atoms with van der Waals surface area (Å²) < 4.78 is 0. The van der Waals surface area contributed by atoms with Gasteiger partial charge in [0.05, 0.1) is 0 Å². The molecule has 0 amide bonds. The molecule has 0 heteroatoms. The molecule has 0 nitrogen and oxygen atoms in total. The predicted molar refractivity (Wildman–Crippen MR) is 75.7 cm³/mol. The van der Waals surface area contributed by atoms with Crippen LogP contribution in [0.3, 0.4) is 0 Å². The van der Waals surface area contributed by atoms with Gasteiger partial charge in [0.15, 0.2) is 0 Å². The highest BCUT2D eigenvalue weighted by Gasteiger charge is 2.01. The summed E-state index contributed by atoms with van der Waals surface area (Å²) in [5, 5.41) is 0. The first-order chi connectivity index (χ1) is 7.85. The molecule has 0 aromatic rings. The zero-order valence-corrected chi connectivity index (χ0v) is 11.4. The molecule has 0 aromatic heterocycles. The molecule has 0 bridgehead atoms. The molecule has 0 saturated heterocycles. The molecule has 0 aliphatic rings. The van der Waals surface area contributed by atoms with Crippen molar-refractivity contribution in [1.82, 2.24) is 0 Å². The van der Waals surface area contributed by atoms with Crippen LogP contribution in [0, 0.1) is 5.92 Å². The first-order valence-corrected chi connectivity index (χ1v) is 7.12. The van der Waals surface area contributed by atoms with Crippen LogP contribution in [0.4, 0.5) is 0 Å². The van der Waals surface area contributed by atoms with Crippen LogP contribution in [0.2, 0.25) is 0 Å². The monoisotopic (exact) mass is 222 g/mol. The number of unbranched alkanes of at least 4 members (excludes halogenated alkanes) is 5. The average Bonchev–Trinajstić information content (AvgIpc) is 2.29. The number of allylic oxidation sites excluding steroid dienone is 3. The molecule has 0 N–H and O–H groups in total. The van der Waals surface area contributed by atoms with E-state index < -0.39 is 0 Å². The summed E-state index contributed by atoms with van der Waals surface area (Å²) in [5.41, 5.74) is 0. The van der Waals surface area contributed by atoms with Gasteiger partial charge in [-0.25, -0.2) is 0 Å². The van der Waals surface area contributed by atoms with E-state index in [0.717, 1.165) is 12.3 Å². The number of hydrogen-bond acceptors (Lipinski definition) is 0. The van der Waals surface area contributed by atoms with E-state index in [-0.39, 0.29) is 0 Å². The Bertz CT molecular complexity index is 167. The van der Waals surface area contributed by atoms with E-state index in [1.165, 1.54) is 51.4 Å². The highest BCUT2D eigenvalue weighted by atomic mass is 14.1. The van der Waals surface area contributed by atoms with E-state index in [2.05, 4.69) is 38.7 Å². The SMILES string of the molecule is C=CCC(/C=C/CCCCC)CCCCC. The van der Waals surface area contributed by atoms with Gasteiger partial charge in [-0.3, -0.25) is 0 Å². The lowest BCUT2D eigenvalue weighted by atomic mass is 9.97. The van der Waals surface area contributed by atoms with Crippen LogP contribution in [0.25, 0.3) is 0 Å². The zero-order chi connectivity index (χ0) is 12.1. The molecule has 0 aliphatic carbocycles. The van der Waals surface area contributed by atoms with Gasteiger partial charge in [0.1, 0.15) is 0 Å². The molecule has 0 rings (SSSR count). The summed E-state index contributed by atoms with van der Waals surface area (Å²) in [6, 6.07) is 0. The van der Waals surface area contributed by atoms with Crippen molar-refractivity contribution in [3.8, 4) is 0 Å². The Morgan fingerprint density at radius 1 is 1.00 bits per heavy atom. The molecule has 0 fully saturated rings. The third-order valence-electron chi connectivity index (χ3n) is 3.03. The summed E-state index contributed by atoms with van der Waals surface area (Å²) in [5.74, 6) is 0.741. The van der Waals surface area contributed by atoms with Gasteiger partial charge in [0.25, 0.3) is 0 Å². The van der Waals surface area contributed by atoms with Gasteiger partial charge < -0.3 is 0 Å². The number of hydrogen-bond donors (Lipinski definition) is 0. The smallest absolute Gasteiger partial charge is 0.0199 e. The Morgan fingerprint density at radius 3 is 2.31 bits per heavy atom. The molecule has 0 aliphatic heterocycles. The van der Waals surface area contributed by atoms with Crippen molar-refractivity contribution in [1.29, 1.82) is 0 Å². The average molecular weight is 222 g/mol. The second-order valence-electron chi connectivity index (χ2n) is 4.70. The third-order valence-corrected chi connectivity index (χ3v) is 3.03. The molecule has 1 unspecified atom stereocenters. The van der Waals surface area contributed by atoms with E-state index in [0.29, 0.717) is 0 Å². The fraction of sp³-hybridized carbons (Fsp3) is 0.750. The first kappa shape index (κ1) is 15.5. The second-order valence-corrected chi connectivity index (χ2v) is 4.70. The first-order valence-electron chi connectivity index (χ1n) is 7.12. The van der Waals surface area contributed by atoms with Crippen LogP contribution in [-0.2, 0) is 0 Å². The standard InChI is InChI=1S/C16H30/c1-4-7-9-10-12-15-16(13-6-3)14-11-8-5-2/h6,12,15-16H,3-5,7-11,13-14H2,1-2H3/b15-12+. The summed E-state index contributed by atoms with van der Waals surface area (Å²) in [4.78, 5) is 0. The largest absolute Gasteiger partial charge is 0.103 e. The van der Waals surface area contributed by atoms with Gasteiger partial charge in [-0.1, -0.05) is 64.2 Å². The summed E-state index contributed by atoms with van der Waals surface area (Å²) in [6.07, 6.45) is 18.7. The molecule has 0 heterocycles. The highest BCUT2D eigenvalue weighted by molar-refractivity contribution is 4.91. The van der Waals surface area contributed by atoms with E-state index in [1.54, 1.807) is 0 Å². The molecule has 0 aromatic carbocycles. The minimum Gasteiger partial charge on any atom is -0.103 e. The van der Waals surface area contributed by atoms with Crippen molar-refractivity contribution in [3.05, 3.63) is 24.8 Å². The molecule has 0 radical (unpaired) electrons. The fourth-order valence-corrected chi connectivity index (χ4v) is 1.96. The highest BCUT2D eigenvalue weighted by Crippen LogP contribution is 2.16. The lowest BCUT2D eigenvalue weighted by Crippen LogP contribution is -1.94. The summed E-state index contributed by atoms with van der Waals surface area (Å²) in [7, 11) is 0. The Balaban J connectivity index is 3.68. The molecule has 0 spiro atoms. The van der Waals surface area contributed by atoms with Gasteiger partial charge in [0.2, 0.25) is 0 Å². The Morgan fingerprint density at radius 2 is 1.69 bits per heavy atom. The molecule has 1 atom stereocenters. The van der Waals surface area contributed by atoms with E-state index in [1.807, 2.05) is 0 Å². The summed E-state index contributed by atoms with van der Waals surface area (Å²) in [6.45, 7) is 8.38. The minimum atomic E-state index is 0.741. The lowest BCUT2D eigenvalue weighted by Gasteiger charge is -2.09. The zero-order valence-electron chi connectivity index (χ0n) is 11.4. The Hall–Kier alpha value is -0.520. The second kappa shape index (κ2) is 12.5. The van der Waals surface area contributed by atoms with Gasteiger partial charge in [0, 0.05) is 0 Å². The van der Waals surface area contributed by atoms with Gasteiger partial charge >= 0.3 is 0 Å². The minimum absolute atomic E-state index is 0.741. The van der Waals surface area contributed by atoms with Gasteiger partial charge in [-0.15, -0.1) is 6.58 Å². The van der Waals surface area contributed by atoms with Crippen LogP contribution in [-0.4, -0.2) is 0 Å². The van der Waals surface area contributed by atoms with Crippen LogP contribution >= 0.6 is 0 Å². The van der Waals surface area contributed by atoms with Crippen molar-refractivity contribution >= 4 is 0 Å². The Kier molecular flexibility index (Phi) is 12.1. The van der Waals surface area contributed by atoms with E-state index in [4.69, 9.17) is 0 Å². The molecular weight excluding hydrogens is 192 g/mol. The van der Waals surface area contributed by atoms with Crippen LogP contribution in [0.5, 0.6) is 0 Å². The maximum atomic E-state index is 3.85. The maximum absolute atomic E-state index is 3.85. The summed E-state index contributed by atoms with van der Waals surface area (Å²) >= 11 is 0. The van der Waals surface area contributed by atoms with Crippen LogP contribution in [0.1, 0.15) is 71.6 Å². The van der Waals surface area contributed by atoms with Crippen molar-refractivity contribution < 1.29 is 0 Å². The van der Waals surface area contributed by atoms with Crippen molar-refractivity contribution in [2.24, 2.45) is 5.92 Å². The van der Waals surface area contributed by atoms with Crippen LogP contribution < -0.4 is 0 Å². The molecular formula is C16H30. The lowest BCUT2D eigenvalue weighted by molar-refractivity contribution is 0.543. The van der Waals surface area contributed by atoms with E-state index in [9.17, 15) is 0 Å². The van der Waals surface area contributed by atoms with Gasteiger partial charge in [-0.05, 0) is 31.6 Å². The van der Waals surface area contributed by atoms with Crippen molar-refractivity contribution in [2.45, 2.75) is 71.6 Å². The van der Waals surface area contributed by atoms with Gasteiger partial charge in [-0.2, -0.15) is 0 Å². The fourth-order valence-electron chi connectivity index (χ4n) is 1.96. The van der Waals surface area contributed by atoms with Crippen molar-refractivity contribution in [3.63, 3.8) is 0 Å². The molecule has 0 saturated carbocycles.